The number of carbonyl (C=O) groups is 1. The second kappa shape index (κ2) is 9.48. The van der Waals surface area contributed by atoms with E-state index < -0.39 is 0 Å². The summed E-state index contributed by atoms with van der Waals surface area (Å²) in [6.07, 6.45) is 2.65. The molecule has 3 rings (SSSR count). The van der Waals surface area contributed by atoms with Gasteiger partial charge in [-0.1, -0.05) is 23.2 Å². The molecule has 0 aliphatic carbocycles. The molecule has 0 radical (unpaired) electrons. The molecule has 1 saturated heterocycles. The Kier molecular flexibility index (Phi) is 7.63. The van der Waals surface area contributed by atoms with Crippen molar-refractivity contribution >= 4 is 41.5 Å². The molecule has 1 N–H and O–H groups in total. The Morgan fingerprint density at radius 2 is 1.92 bits per heavy atom. The molecular weight excluding hydrogens is 383 g/mol. The van der Waals surface area contributed by atoms with Crippen molar-refractivity contribution in [2.45, 2.75) is 25.8 Å². The lowest BCUT2D eigenvalue weighted by molar-refractivity contribution is -0.127. The van der Waals surface area contributed by atoms with Gasteiger partial charge in [0.25, 0.3) is 0 Å². The summed E-state index contributed by atoms with van der Waals surface area (Å²) in [4.78, 5) is 13.5. The number of nitrogens with zero attached hydrogens (tertiary/aromatic N) is 1. The Hall–Kier alpha value is -1.20. The molecule has 1 fully saturated rings. The van der Waals surface area contributed by atoms with E-state index in [4.69, 9.17) is 27.6 Å². The van der Waals surface area contributed by atoms with Crippen LogP contribution in [-0.2, 0) is 11.3 Å². The van der Waals surface area contributed by atoms with E-state index in [1.165, 1.54) is 0 Å². The molecule has 0 spiro atoms. The van der Waals surface area contributed by atoms with Gasteiger partial charge in [0, 0.05) is 35.1 Å². The van der Waals surface area contributed by atoms with Gasteiger partial charge >= 0.3 is 0 Å². The molecular formula is C18H21Cl3N2O2. The van der Waals surface area contributed by atoms with E-state index in [1.807, 2.05) is 29.2 Å². The minimum Gasteiger partial charge on any atom is -0.460 e. The van der Waals surface area contributed by atoms with Gasteiger partial charge in [-0.25, -0.2) is 0 Å². The highest BCUT2D eigenvalue weighted by molar-refractivity contribution is 6.35. The third kappa shape index (κ3) is 5.65. The van der Waals surface area contributed by atoms with Crippen molar-refractivity contribution in [1.82, 2.24) is 10.2 Å². The van der Waals surface area contributed by atoms with Crippen LogP contribution in [0.2, 0.25) is 10.0 Å². The van der Waals surface area contributed by atoms with E-state index in [-0.39, 0.29) is 18.3 Å². The Morgan fingerprint density at radius 1 is 1.16 bits per heavy atom. The zero-order chi connectivity index (χ0) is 16.9. The fourth-order valence-electron chi connectivity index (χ4n) is 2.87. The highest BCUT2D eigenvalue weighted by Crippen LogP contribution is 2.28. The van der Waals surface area contributed by atoms with Crippen LogP contribution in [-0.4, -0.2) is 30.4 Å². The van der Waals surface area contributed by atoms with Crippen LogP contribution in [0, 0.1) is 0 Å². The summed E-state index contributed by atoms with van der Waals surface area (Å²) in [5.41, 5.74) is 0.867. The topological polar surface area (TPSA) is 45.5 Å². The van der Waals surface area contributed by atoms with E-state index in [1.54, 1.807) is 6.07 Å². The number of carbonyl (C=O) groups excluding carboxylic acids is 1. The first-order chi connectivity index (χ1) is 11.6. The van der Waals surface area contributed by atoms with E-state index in [9.17, 15) is 4.79 Å². The second-order valence-corrected chi connectivity index (χ2v) is 6.81. The normalized spacial score (nSPS) is 14.0. The van der Waals surface area contributed by atoms with Gasteiger partial charge in [-0.15, -0.1) is 12.4 Å². The third-order valence-electron chi connectivity index (χ3n) is 4.06. The smallest absolute Gasteiger partial charge is 0.222 e. The molecule has 25 heavy (non-hydrogen) atoms. The number of nitrogens with one attached hydrogen (secondary N) is 1. The number of likely N-dealkylation sites (tertiary alicyclic amines) is 1. The molecule has 1 aromatic carbocycles. The molecule has 2 heterocycles. The van der Waals surface area contributed by atoms with Gasteiger partial charge in [-0.05, 0) is 49.7 Å². The van der Waals surface area contributed by atoms with Crippen LogP contribution in [0.1, 0.15) is 25.0 Å². The van der Waals surface area contributed by atoms with Crippen LogP contribution in [0.4, 0.5) is 0 Å². The highest BCUT2D eigenvalue weighted by Gasteiger charge is 2.18. The van der Waals surface area contributed by atoms with E-state index in [0.717, 1.165) is 49.6 Å². The predicted molar refractivity (Wildman–Crippen MR) is 104 cm³/mol. The molecule has 0 bridgehead atoms. The summed E-state index contributed by atoms with van der Waals surface area (Å²) in [6, 6.07) is 9.22. The van der Waals surface area contributed by atoms with Crippen LogP contribution in [0.3, 0.4) is 0 Å². The summed E-state index contributed by atoms with van der Waals surface area (Å²) in [5.74, 6) is 1.89. The summed E-state index contributed by atoms with van der Waals surface area (Å²) < 4.78 is 5.83. The number of amides is 1. The maximum absolute atomic E-state index is 11.5. The molecule has 1 aliphatic rings. The quantitative estimate of drug-likeness (QED) is 0.677. The molecule has 136 valence electrons. The maximum atomic E-state index is 11.5. The monoisotopic (exact) mass is 402 g/mol. The molecule has 1 aliphatic heterocycles. The van der Waals surface area contributed by atoms with Crippen molar-refractivity contribution in [2.24, 2.45) is 0 Å². The number of furan rings is 1. The standard InChI is InChI=1S/C18H20Cl2N2O2.ClH/c19-14-9-13(10-15(20)11-14)17-5-4-16(24-17)12-21-6-2-8-22-7-1-3-18(22)23;/h4-5,9-11,21H,1-3,6-8,12H2;1H. The number of halogens is 3. The molecule has 1 amide bonds. The summed E-state index contributed by atoms with van der Waals surface area (Å²) >= 11 is 12.0. The number of benzene rings is 1. The Morgan fingerprint density at radius 3 is 2.60 bits per heavy atom. The lowest BCUT2D eigenvalue weighted by Crippen LogP contribution is -2.28. The molecule has 7 heteroatoms. The lowest BCUT2D eigenvalue weighted by Gasteiger charge is -2.15. The number of rotatable bonds is 7. The second-order valence-electron chi connectivity index (χ2n) is 5.94. The average Bonchev–Trinajstić information content (AvgIpc) is 3.15. The van der Waals surface area contributed by atoms with Crippen LogP contribution in [0.15, 0.2) is 34.7 Å². The van der Waals surface area contributed by atoms with Crippen molar-refractivity contribution < 1.29 is 9.21 Å². The molecule has 1 aromatic heterocycles. The van der Waals surface area contributed by atoms with Crippen molar-refractivity contribution in [3.63, 3.8) is 0 Å². The average molecular weight is 404 g/mol. The molecule has 0 unspecified atom stereocenters. The summed E-state index contributed by atoms with van der Waals surface area (Å²) in [7, 11) is 0. The van der Waals surface area contributed by atoms with E-state index in [0.29, 0.717) is 23.0 Å². The van der Waals surface area contributed by atoms with Gasteiger partial charge in [0.2, 0.25) is 5.91 Å². The lowest BCUT2D eigenvalue weighted by atomic mass is 10.2. The van der Waals surface area contributed by atoms with Gasteiger partial charge in [-0.2, -0.15) is 0 Å². The van der Waals surface area contributed by atoms with Gasteiger partial charge in [0.15, 0.2) is 0 Å². The molecule has 4 nitrogen and oxygen atoms in total. The maximum Gasteiger partial charge on any atom is 0.222 e. The zero-order valence-electron chi connectivity index (χ0n) is 13.8. The van der Waals surface area contributed by atoms with Gasteiger partial charge in [0.05, 0.1) is 6.54 Å². The molecule has 0 atom stereocenters. The third-order valence-corrected chi connectivity index (χ3v) is 4.50. The van der Waals surface area contributed by atoms with Crippen LogP contribution >= 0.6 is 35.6 Å². The fraction of sp³-hybridized carbons (Fsp3) is 0.389. The van der Waals surface area contributed by atoms with Crippen LogP contribution in [0.25, 0.3) is 11.3 Å². The van der Waals surface area contributed by atoms with Crippen LogP contribution in [0.5, 0.6) is 0 Å². The Balaban J connectivity index is 0.00000225. The zero-order valence-corrected chi connectivity index (χ0v) is 16.1. The Labute approximate surface area is 163 Å². The van der Waals surface area contributed by atoms with Crippen LogP contribution < -0.4 is 5.32 Å². The molecule has 2 aromatic rings. The van der Waals surface area contributed by atoms with Gasteiger partial charge < -0.3 is 14.6 Å². The Bertz CT molecular complexity index is 698. The van der Waals surface area contributed by atoms with Crippen molar-refractivity contribution in [1.29, 1.82) is 0 Å². The predicted octanol–water partition coefficient (Wildman–Crippen LogP) is 4.78. The number of hydrogen-bond donors (Lipinski definition) is 1. The minimum absolute atomic E-state index is 0. The summed E-state index contributed by atoms with van der Waals surface area (Å²) in [6.45, 7) is 3.24. The van der Waals surface area contributed by atoms with E-state index >= 15 is 0 Å². The van der Waals surface area contributed by atoms with Crippen molar-refractivity contribution in [2.75, 3.05) is 19.6 Å². The minimum atomic E-state index is 0. The first-order valence-corrected chi connectivity index (χ1v) is 8.91. The fourth-order valence-corrected chi connectivity index (χ4v) is 3.40. The summed E-state index contributed by atoms with van der Waals surface area (Å²) in [5, 5.41) is 4.52. The number of hydrogen-bond acceptors (Lipinski definition) is 3. The van der Waals surface area contributed by atoms with Gasteiger partial charge in [-0.3, -0.25) is 4.79 Å². The first kappa shape index (κ1) is 20.1. The largest absolute Gasteiger partial charge is 0.460 e. The van der Waals surface area contributed by atoms with Crippen molar-refractivity contribution in [3.8, 4) is 11.3 Å². The highest BCUT2D eigenvalue weighted by atomic mass is 35.5. The van der Waals surface area contributed by atoms with Gasteiger partial charge in [0.1, 0.15) is 11.5 Å². The first-order valence-electron chi connectivity index (χ1n) is 8.15. The van der Waals surface area contributed by atoms with E-state index in [2.05, 4.69) is 5.32 Å². The molecule has 0 saturated carbocycles. The SMILES string of the molecule is Cl.O=C1CCCN1CCCNCc1ccc(-c2cc(Cl)cc(Cl)c2)o1. The van der Waals surface area contributed by atoms with Crippen molar-refractivity contribution in [3.05, 3.63) is 46.1 Å².